The Morgan fingerprint density at radius 3 is 2.12 bits per heavy atom. The number of carbonyl (C=O) groups excluding carboxylic acids is 3. The van der Waals surface area contributed by atoms with Gasteiger partial charge in [0.1, 0.15) is 0 Å². The quantitative estimate of drug-likeness (QED) is 0.623. The second-order valence-electron chi connectivity index (χ2n) is 5.77. The van der Waals surface area contributed by atoms with Crippen LogP contribution in [0.4, 0.5) is 4.79 Å². The molecule has 0 aliphatic carbocycles. The van der Waals surface area contributed by atoms with Crippen molar-refractivity contribution in [3.05, 3.63) is 77.9 Å². The van der Waals surface area contributed by atoms with Crippen LogP contribution in [-0.2, 0) is 9.59 Å². The Morgan fingerprint density at radius 1 is 0.880 bits per heavy atom. The van der Waals surface area contributed by atoms with Crippen LogP contribution < -0.4 is 0 Å². The molecule has 1 fully saturated rings. The maximum absolute atomic E-state index is 12.6. The van der Waals surface area contributed by atoms with Gasteiger partial charge in [-0.25, -0.2) is 9.69 Å². The van der Waals surface area contributed by atoms with Crippen LogP contribution in [-0.4, -0.2) is 34.2 Å². The van der Waals surface area contributed by atoms with E-state index in [1.807, 2.05) is 66.7 Å². The van der Waals surface area contributed by atoms with E-state index in [-0.39, 0.29) is 6.54 Å². The van der Waals surface area contributed by atoms with E-state index in [1.165, 1.54) is 0 Å². The summed E-state index contributed by atoms with van der Waals surface area (Å²) in [6.07, 6.45) is 3.52. The van der Waals surface area contributed by atoms with E-state index in [4.69, 9.17) is 0 Å². The molecule has 0 bridgehead atoms. The van der Waals surface area contributed by atoms with Crippen molar-refractivity contribution in [1.82, 2.24) is 9.80 Å². The summed E-state index contributed by atoms with van der Waals surface area (Å²) in [5.41, 5.74) is 1.76. The van der Waals surface area contributed by atoms with Gasteiger partial charge >= 0.3 is 17.8 Å². The van der Waals surface area contributed by atoms with Gasteiger partial charge in [0.25, 0.3) is 0 Å². The van der Waals surface area contributed by atoms with Crippen LogP contribution in [0.1, 0.15) is 24.1 Å². The van der Waals surface area contributed by atoms with Crippen LogP contribution in [0.2, 0.25) is 0 Å². The molecule has 1 atom stereocenters. The molecule has 5 nitrogen and oxygen atoms in total. The average molecular weight is 334 g/mol. The van der Waals surface area contributed by atoms with Crippen molar-refractivity contribution in [3.8, 4) is 0 Å². The molecule has 1 aliphatic heterocycles. The minimum Gasteiger partial charge on any atom is -0.263 e. The molecule has 0 spiro atoms. The van der Waals surface area contributed by atoms with Crippen LogP contribution in [0.15, 0.2) is 66.7 Å². The predicted octanol–water partition coefficient (Wildman–Crippen LogP) is 3.25. The second-order valence-corrected chi connectivity index (χ2v) is 5.77. The summed E-state index contributed by atoms with van der Waals surface area (Å²) in [7, 11) is 0. The van der Waals surface area contributed by atoms with Crippen LogP contribution in [0.3, 0.4) is 0 Å². The molecule has 1 heterocycles. The predicted molar refractivity (Wildman–Crippen MR) is 94.3 cm³/mol. The average Bonchev–Trinajstić information content (AvgIpc) is 2.86. The molecule has 1 aliphatic rings. The minimum absolute atomic E-state index is 0.0658. The van der Waals surface area contributed by atoms with Crippen LogP contribution in [0.25, 0.3) is 6.08 Å². The third-order valence-corrected chi connectivity index (χ3v) is 4.15. The van der Waals surface area contributed by atoms with Crippen molar-refractivity contribution < 1.29 is 14.4 Å². The summed E-state index contributed by atoms with van der Waals surface area (Å²) in [6, 6.07) is 17.6. The Bertz CT molecular complexity index is 815. The van der Waals surface area contributed by atoms with Crippen molar-refractivity contribution in [2.24, 2.45) is 0 Å². The molecule has 2 aromatic carbocycles. The molecule has 4 amide bonds. The van der Waals surface area contributed by atoms with Gasteiger partial charge < -0.3 is 0 Å². The van der Waals surface area contributed by atoms with E-state index >= 15 is 0 Å². The van der Waals surface area contributed by atoms with E-state index < -0.39 is 23.9 Å². The maximum Gasteiger partial charge on any atom is 0.335 e. The molecule has 25 heavy (non-hydrogen) atoms. The zero-order valence-electron chi connectivity index (χ0n) is 13.8. The molecule has 3 rings (SSSR count). The molecule has 2 aromatic rings. The van der Waals surface area contributed by atoms with Crippen molar-refractivity contribution in [2.45, 2.75) is 13.0 Å². The van der Waals surface area contributed by atoms with Gasteiger partial charge in [-0.2, -0.15) is 0 Å². The van der Waals surface area contributed by atoms with Crippen molar-refractivity contribution in [1.29, 1.82) is 0 Å². The number of carbonyl (C=O) groups is 3. The van der Waals surface area contributed by atoms with Crippen molar-refractivity contribution in [3.63, 3.8) is 0 Å². The van der Waals surface area contributed by atoms with Gasteiger partial charge in [0.15, 0.2) is 0 Å². The molecular formula is C20H18N2O3. The Labute approximate surface area is 146 Å². The molecule has 0 saturated carbocycles. The Kier molecular flexibility index (Phi) is 4.75. The number of amides is 4. The number of imide groups is 2. The van der Waals surface area contributed by atoms with Gasteiger partial charge in [-0.1, -0.05) is 72.8 Å². The Balaban J connectivity index is 1.74. The van der Waals surface area contributed by atoms with E-state index in [0.717, 1.165) is 20.9 Å². The number of hydrogen-bond donors (Lipinski definition) is 0. The van der Waals surface area contributed by atoms with E-state index in [9.17, 15) is 14.4 Å². The number of nitrogens with zero attached hydrogens (tertiary/aromatic N) is 2. The highest BCUT2D eigenvalue weighted by Gasteiger charge is 2.46. The van der Waals surface area contributed by atoms with Crippen molar-refractivity contribution in [2.75, 3.05) is 6.54 Å². The molecule has 5 heteroatoms. The lowest BCUT2D eigenvalue weighted by atomic mass is 10.1. The van der Waals surface area contributed by atoms with Crippen LogP contribution >= 0.6 is 0 Å². The fourth-order valence-corrected chi connectivity index (χ4v) is 2.76. The molecule has 0 radical (unpaired) electrons. The fraction of sp³-hybridized carbons (Fsp3) is 0.150. The molecule has 0 aromatic heterocycles. The standard InChI is InChI=1S/C20H18N2O3/c1-15(17-12-6-3-7-13-17)22-19(24)18(23)21(20(22)25)14-8-11-16-9-4-2-5-10-16/h2-13,15H,14H2,1H3/b11-8+. The van der Waals surface area contributed by atoms with Crippen LogP contribution in [0.5, 0.6) is 0 Å². The van der Waals surface area contributed by atoms with Gasteiger partial charge in [0, 0.05) is 6.54 Å². The van der Waals surface area contributed by atoms with Crippen molar-refractivity contribution >= 4 is 23.9 Å². The SMILES string of the molecule is CC(c1ccccc1)N1C(=O)C(=O)N(C/C=C/c2ccccc2)C1=O. The molecule has 1 unspecified atom stereocenters. The molecule has 126 valence electrons. The smallest absolute Gasteiger partial charge is 0.263 e. The summed E-state index contributed by atoms with van der Waals surface area (Å²) in [5.74, 6) is -1.57. The van der Waals surface area contributed by atoms with Gasteiger partial charge in [0.05, 0.1) is 6.04 Å². The highest BCUT2D eigenvalue weighted by atomic mass is 16.2. The fourth-order valence-electron chi connectivity index (χ4n) is 2.76. The summed E-state index contributed by atoms with van der Waals surface area (Å²) in [5, 5.41) is 0. The summed E-state index contributed by atoms with van der Waals surface area (Å²) in [6.45, 7) is 1.80. The Hall–Kier alpha value is -3.21. The monoisotopic (exact) mass is 334 g/mol. The zero-order valence-corrected chi connectivity index (χ0v) is 13.8. The lowest BCUT2D eigenvalue weighted by molar-refractivity contribution is -0.143. The first-order valence-electron chi connectivity index (χ1n) is 8.05. The largest absolute Gasteiger partial charge is 0.335 e. The lowest BCUT2D eigenvalue weighted by Crippen LogP contribution is -2.35. The first-order chi connectivity index (χ1) is 12.1. The summed E-state index contributed by atoms with van der Waals surface area (Å²) in [4.78, 5) is 39.0. The maximum atomic E-state index is 12.6. The van der Waals surface area contributed by atoms with Gasteiger partial charge in [-0.15, -0.1) is 0 Å². The molecule has 1 saturated heterocycles. The minimum atomic E-state index is -0.787. The third kappa shape index (κ3) is 3.35. The normalized spacial score (nSPS) is 16.1. The first kappa shape index (κ1) is 16.6. The lowest BCUT2D eigenvalue weighted by Gasteiger charge is -2.22. The van der Waals surface area contributed by atoms with E-state index in [2.05, 4.69) is 0 Å². The summed E-state index contributed by atoms with van der Waals surface area (Å²) >= 11 is 0. The Morgan fingerprint density at radius 2 is 1.48 bits per heavy atom. The highest BCUT2D eigenvalue weighted by molar-refractivity contribution is 6.44. The summed E-state index contributed by atoms with van der Waals surface area (Å²) < 4.78 is 0. The van der Waals surface area contributed by atoms with E-state index in [0.29, 0.717) is 0 Å². The highest BCUT2D eigenvalue weighted by Crippen LogP contribution is 2.26. The van der Waals surface area contributed by atoms with Gasteiger partial charge in [-0.05, 0) is 18.1 Å². The number of urea groups is 1. The van der Waals surface area contributed by atoms with E-state index in [1.54, 1.807) is 13.0 Å². The molecular weight excluding hydrogens is 316 g/mol. The van der Waals surface area contributed by atoms with Gasteiger partial charge in [-0.3, -0.25) is 14.5 Å². The van der Waals surface area contributed by atoms with Crippen LogP contribution in [0, 0.1) is 0 Å². The molecule has 0 N–H and O–H groups in total. The first-order valence-corrected chi connectivity index (χ1v) is 8.05. The number of hydrogen-bond acceptors (Lipinski definition) is 3. The number of benzene rings is 2. The third-order valence-electron chi connectivity index (χ3n) is 4.15. The zero-order chi connectivity index (χ0) is 17.8. The topological polar surface area (TPSA) is 57.7 Å². The van der Waals surface area contributed by atoms with Gasteiger partial charge in [0.2, 0.25) is 0 Å². The second kappa shape index (κ2) is 7.13. The number of rotatable bonds is 5.